The number of ether oxygens (including phenoxy) is 2. The molecule has 1 saturated carbocycles. The minimum absolute atomic E-state index is 0.0637. The summed E-state index contributed by atoms with van der Waals surface area (Å²) in [5.74, 6) is -0.833. The summed E-state index contributed by atoms with van der Waals surface area (Å²) in [6.07, 6.45) is 5.47. The zero-order valence-corrected chi connectivity index (χ0v) is 25.4. The van der Waals surface area contributed by atoms with E-state index in [0.717, 1.165) is 18.7 Å². The number of carbonyl (C=O) groups is 2. The molecule has 4 rings (SSSR count). The quantitative estimate of drug-likeness (QED) is 0.405. The molecular formula is C31H44N2O7S. The van der Waals surface area contributed by atoms with E-state index in [1.165, 1.54) is 0 Å². The van der Waals surface area contributed by atoms with E-state index in [1.54, 1.807) is 23.1 Å². The van der Waals surface area contributed by atoms with E-state index < -0.39 is 34.1 Å². The molecule has 0 unspecified atom stereocenters. The number of piperazine rings is 1. The van der Waals surface area contributed by atoms with Crippen LogP contribution in [0, 0.1) is 11.8 Å². The Balaban J connectivity index is 1.56. The van der Waals surface area contributed by atoms with Gasteiger partial charge in [0.15, 0.2) is 9.84 Å². The maximum Gasteiger partial charge on any atom is 0.410 e. The van der Waals surface area contributed by atoms with Crippen molar-refractivity contribution < 1.29 is 32.6 Å². The van der Waals surface area contributed by atoms with Crippen molar-refractivity contribution in [3.63, 3.8) is 0 Å². The highest BCUT2D eigenvalue weighted by Gasteiger charge is 2.37. The third kappa shape index (κ3) is 8.42. The average Bonchev–Trinajstić information content (AvgIpc) is 3.79. The van der Waals surface area contributed by atoms with Gasteiger partial charge in [0.2, 0.25) is 0 Å². The molecule has 1 amide bonds. The van der Waals surface area contributed by atoms with Crippen molar-refractivity contribution in [2.45, 2.75) is 81.3 Å². The molecule has 1 saturated heterocycles. The van der Waals surface area contributed by atoms with Crippen molar-refractivity contribution in [2.24, 2.45) is 11.8 Å². The number of aliphatic hydroxyl groups is 1. The Morgan fingerprint density at radius 2 is 1.78 bits per heavy atom. The molecule has 0 bridgehead atoms. The van der Waals surface area contributed by atoms with Crippen LogP contribution in [0.15, 0.2) is 46.9 Å². The molecule has 9 nitrogen and oxygen atoms in total. The summed E-state index contributed by atoms with van der Waals surface area (Å²) in [5, 5.41) is 10.3. The number of hydrogen-bond donors (Lipinski definition) is 1. The molecule has 2 aliphatic heterocycles. The highest BCUT2D eigenvalue weighted by Crippen LogP contribution is 2.34. The number of sulfone groups is 1. The summed E-state index contributed by atoms with van der Waals surface area (Å²) in [7, 11) is -1.31. The molecule has 10 heteroatoms. The van der Waals surface area contributed by atoms with Crippen LogP contribution in [0.2, 0.25) is 0 Å². The Morgan fingerprint density at radius 1 is 1.07 bits per heavy atom. The van der Waals surface area contributed by atoms with E-state index in [-0.39, 0.29) is 29.6 Å². The van der Waals surface area contributed by atoms with Crippen molar-refractivity contribution in [1.82, 2.24) is 9.80 Å². The van der Waals surface area contributed by atoms with Crippen LogP contribution in [0.3, 0.4) is 0 Å². The van der Waals surface area contributed by atoms with E-state index in [4.69, 9.17) is 9.47 Å². The van der Waals surface area contributed by atoms with Crippen molar-refractivity contribution in [2.75, 3.05) is 33.2 Å². The number of carbonyl (C=O) groups excluding carboxylic acids is 2. The van der Waals surface area contributed by atoms with Crippen LogP contribution in [0.5, 0.6) is 0 Å². The lowest BCUT2D eigenvalue weighted by molar-refractivity contribution is -0.151. The van der Waals surface area contributed by atoms with Crippen LogP contribution < -0.4 is 0 Å². The minimum atomic E-state index is -3.33. The molecule has 1 aromatic carbocycles. The standard InChI is InChI=1S/C31H44N2O7S/c1-21-8-10-25(34)20-29(35)40-30(22(2)9-13-28(21)39-31(36)33-16-14-32(4)15-17-33)23(3)18-24-6-5-7-27(19-24)41(37,38)26-11-12-26/h5-7,9,13,18-19,21-22,25-26,28,30,34H,8,10-12,14-17,20H2,1-4H3/b13-9+,23-18+/t21-,22-,25+,28-,30-/m0/s1. The van der Waals surface area contributed by atoms with Gasteiger partial charge in [-0.05, 0) is 74.9 Å². The van der Waals surface area contributed by atoms with Crippen LogP contribution in [-0.2, 0) is 24.1 Å². The number of cyclic esters (lactones) is 1. The van der Waals surface area contributed by atoms with E-state index in [0.29, 0.717) is 49.2 Å². The smallest absolute Gasteiger partial charge is 0.410 e. The fourth-order valence-corrected chi connectivity index (χ4v) is 7.04. The van der Waals surface area contributed by atoms with Crippen molar-refractivity contribution in [3.05, 3.63) is 47.6 Å². The number of aliphatic hydroxyl groups excluding tert-OH is 1. The van der Waals surface area contributed by atoms with Crippen molar-refractivity contribution in [3.8, 4) is 0 Å². The Bertz CT molecular complexity index is 1250. The van der Waals surface area contributed by atoms with Gasteiger partial charge in [0.05, 0.1) is 22.7 Å². The van der Waals surface area contributed by atoms with Gasteiger partial charge < -0.3 is 24.4 Å². The second-order valence-corrected chi connectivity index (χ2v) is 14.1. The zero-order valence-electron chi connectivity index (χ0n) is 24.6. The largest absolute Gasteiger partial charge is 0.457 e. The summed E-state index contributed by atoms with van der Waals surface area (Å²) in [6.45, 7) is 8.57. The highest BCUT2D eigenvalue weighted by molar-refractivity contribution is 7.92. The predicted octanol–water partition coefficient (Wildman–Crippen LogP) is 4.06. The van der Waals surface area contributed by atoms with Crippen LogP contribution in [-0.4, -0.2) is 92.2 Å². The first-order valence-corrected chi connectivity index (χ1v) is 16.2. The minimum Gasteiger partial charge on any atom is -0.457 e. The first-order valence-electron chi connectivity index (χ1n) is 14.7. The number of hydrogen-bond acceptors (Lipinski definition) is 8. The number of nitrogens with zero attached hydrogens (tertiary/aromatic N) is 2. The molecule has 5 atom stereocenters. The summed E-state index contributed by atoms with van der Waals surface area (Å²) in [5.41, 5.74) is 1.44. The van der Waals surface area contributed by atoms with Crippen molar-refractivity contribution in [1.29, 1.82) is 0 Å². The molecule has 3 aliphatic rings. The van der Waals surface area contributed by atoms with Crippen molar-refractivity contribution >= 4 is 28.0 Å². The fourth-order valence-electron chi connectivity index (χ4n) is 5.33. The molecule has 0 radical (unpaired) electrons. The zero-order chi connectivity index (χ0) is 29.7. The Labute approximate surface area is 244 Å². The third-order valence-electron chi connectivity index (χ3n) is 8.25. The summed E-state index contributed by atoms with van der Waals surface area (Å²) in [6, 6.07) is 6.83. The summed E-state index contributed by atoms with van der Waals surface area (Å²) >= 11 is 0. The SMILES string of the molecule is C/C(=C\c1cccc(S(=O)(=O)C2CC2)c1)[C@H]1OC(=O)C[C@H](O)CC[C@H](C)[C@@H](OC(=O)N2CCN(C)CC2)/C=C/[C@@H]1C. The lowest BCUT2D eigenvalue weighted by atomic mass is 9.91. The highest BCUT2D eigenvalue weighted by atomic mass is 32.2. The number of rotatable bonds is 5. The lowest BCUT2D eigenvalue weighted by Gasteiger charge is -2.33. The van der Waals surface area contributed by atoms with Crippen LogP contribution in [0.25, 0.3) is 6.08 Å². The number of likely N-dealkylation sites (N-methyl/N-ethyl adjacent to an activating group) is 1. The summed E-state index contributed by atoms with van der Waals surface area (Å²) < 4.78 is 37.4. The molecular weight excluding hydrogens is 544 g/mol. The van der Waals surface area contributed by atoms with E-state index >= 15 is 0 Å². The van der Waals surface area contributed by atoms with Gasteiger partial charge in [-0.1, -0.05) is 38.1 Å². The first kappa shape index (κ1) is 31.3. The van der Waals surface area contributed by atoms with Gasteiger partial charge in [0, 0.05) is 32.1 Å². The Hall–Kier alpha value is -2.69. The molecule has 1 aromatic rings. The summed E-state index contributed by atoms with van der Waals surface area (Å²) in [4.78, 5) is 30.0. The van der Waals surface area contributed by atoms with E-state index in [9.17, 15) is 23.1 Å². The monoisotopic (exact) mass is 588 g/mol. The number of esters is 1. The van der Waals surface area contributed by atoms with Gasteiger partial charge in [-0.2, -0.15) is 0 Å². The van der Waals surface area contributed by atoms with Crippen LogP contribution in [0.4, 0.5) is 4.79 Å². The second-order valence-electron chi connectivity index (χ2n) is 11.9. The Morgan fingerprint density at radius 3 is 2.46 bits per heavy atom. The molecule has 0 spiro atoms. The van der Waals surface area contributed by atoms with E-state index in [1.807, 2.05) is 52.1 Å². The maximum atomic E-state index is 13.0. The lowest BCUT2D eigenvalue weighted by Crippen LogP contribution is -2.48. The third-order valence-corrected chi connectivity index (χ3v) is 10.5. The second kappa shape index (κ2) is 13.5. The van der Waals surface area contributed by atoms with E-state index in [2.05, 4.69) is 4.90 Å². The number of amides is 1. The molecule has 1 N–H and O–H groups in total. The topological polar surface area (TPSA) is 113 Å². The molecule has 1 aliphatic carbocycles. The fraction of sp³-hybridized carbons (Fsp3) is 0.613. The van der Waals surface area contributed by atoms with Gasteiger partial charge in [-0.3, -0.25) is 4.79 Å². The van der Waals surface area contributed by atoms with Crippen LogP contribution in [0.1, 0.15) is 58.4 Å². The molecule has 0 aromatic heterocycles. The predicted molar refractivity (Wildman–Crippen MR) is 157 cm³/mol. The number of benzene rings is 1. The van der Waals surface area contributed by atoms with Gasteiger partial charge >= 0.3 is 12.1 Å². The molecule has 226 valence electrons. The molecule has 41 heavy (non-hydrogen) atoms. The molecule has 2 heterocycles. The first-order chi connectivity index (χ1) is 19.4. The normalized spacial score (nSPS) is 30.1. The average molecular weight is 589 g/mol. The molecule has 2 fully saturated rings. The van der Waals surface area contributed by atoms with Gasteiger partial charge in [0.1, 0.15) is 12.2 Å². The maximum absolute atomic E-state index is 13.0. The van der Waals surface area contributed by atoms with Gasteiger partial charge in [-0.25, -0.2) is 13.2 Å². The Kier molecular flexibility index (Phi) is 10.3. The van der Waals surface area contributed by atoms with Crippen LogP contribution >= 0.6 is 0 Å². The van der Waals surface area contributed by atoms with Gasteiger partial charge in [0.25, 0.3) is 0 Å². The van der Waals surface area contributed by atoms with Gasteiger partial charge in [-0.15, -0.1) is 0 Å².